The van der Waals surface area contributed by atoms with E-state index in [0.29, 0.717) is 19.6 Å². The highest BCUT2D eigenvalue weighted by atomic mass is 16.5. The molecule has 120 valence electrons. The summed E-state index contributed by atoms with van der Waals surface area (Å²) in [5.41, 5.74) is 5.11. The molecule has 4 atom stereocenters. The summed E-state index contributed by atoms with van der Waals surface area (Å²) in [6.07, 6.45) is 1.63. The standard InChI is InChI=1S/C15H26N2O4/c1-4-9(7-11(18)19)8-17-13(20)15(16)10-5-6-21-12(10)14(15,2)3/h9-10,12H,4-8,16H2,1-3H3,(H,17,20)(H,18,19). The topological polar surface area (TPSA) is 102 Å². The lowest BCUT2D eigenvalue weighted by Gasteiger charge is -2.60. The Morgan fingerprint density at radius 2 is 2.14 bits per heavy atom. The molecule has 2 aliphatic rings. The van der Waals surface area contributed by atoms with Gasteiger partial charge in [-0.1, -0.05) is 27.2 Å². The van der Waals surface area contributed by atoms with Crippen LogP contribution in [0.25, 0.3) is 0 Å². The molecule has 2 fully saturated rings. The molecule has 0 aromatic carbocycles. The van der Waals surface area contributed by atoms with Crippen molar-refractivity contribution in [1.82, 2.24) is 5.32 Å². The van der Waals surface area contributed by atoms with E-state index >= 15 is 0 Å². The summed E-state index contributed by atoms with van der Waals surface area (Å²) in [7, 11) is 0. The fraction of sp³-hybridized carbons (Fsp3) is 0.867. The van der Waals surface area contributed by atoms with Gasteiger partial charge in [0, 0.05) is 30.9 Å². The van der Waals surface area contributed by atoms with Crippen molar-refractivity contribution in [2.75, 3.05) is 13.2 Å². The molecule has 4 unspecified atom stereocenters. The van der Waals surface area contributed by atoms with Crippen molar-refractivity contribution in [3.05, 3.63) is 0 Å². The van der Waals surface area contributed by atoms with Gasteiger partial charge < -0.3 is 20.9 Å². The highest BCUT2D eigenvalue weighted by Gasteiger charge is 2.71. The van der Waals surface area contributed by atoms with Crippen molar-refractivity contribution < 1.29 is 19.4 Å². The van der Waals surface area contributed by atoms with Crippen LogP contribution >= 0.6 is 0 Å². The first kappa shape index (κ1) is 16.2. The summed E-state index contributed by atoms with van der Waals surface area (Å²) in [6, 6.07) is 0. The largest absolute Gasteiger partial charge is 0.481 e. The van der Waals surface area contributed by atoms with E-state index < -0.39 is 16.9 Å². The molecule has 1 amide bonds. The SMILES string of the molecule is CCC(CNC(=O)C1(N)C2CCOC2C1(C)C)CC(=O)O. The fourth-order valence-corrected chi connectivity index (χ4v) is 3.84. The van der Waals surface area contributed by atoms with Gasteiger partial charge in [-0.25, -0.2) is 0 Å². The molecule has 0 spiro atoms. The van der Waals surface area contributed by atoms with Crippen LogP contribution in [-0.2, 0) is 14.3 Å². The van der Waals surface area contributed by atoms with Gasteiger partial charge >= 0.3 is 5.97 Å². The Kier molecular flexibility index (Phi) is 4.31. The molecule has 1 heterocycles. The summed E-state index contributed by atoms with van der Waals surface area (Å²) in [5.74, 6) is -1.02. The Labute approximate surface area is 125 Å². The molecule has 0 bridgehead atoms. The Morgan fingerprint density at radius 1 is 1.48 bits per heavy atom. The lowest BCUT2D eigenvalue weighted by molar-refractivity contribution is -0.175. The molecule has 0 aromatic rings. The molecule has 6 nitrogen and oxygen atoms in total. The average molecular weight is 298 g/mol. The summed E-state index contributed by atoms with van der Waals surface area (Å²) in [5, 5.41) is 11.7. The van der Waals surface area contributed by atoms with E-state index in [0.717, 1.165) is 6.42 Å². The van der Waals surface area contributed by atoms with E-state index in [4.69, 9.17) is 15.6 Å². The third-order valence-electron chi connectivity index (χ3n) is 5.42. The maximum absolute atomic E-state index is 12.6. The van der Waals surface area contributed by atoms with E-state index in [9.17, 15) is 9.59 Å². The zero-order valence-corrected chi connectivity index (χ0v) is 13.0. The molecular weight excluding hydrogens is 272 g/mol. The molecule has 21 heavy (non-hydrogen) atoms. The molecule has 1 aliphatic heterocycles. The van der Waals surface area contributed by atoms with Crippen molar-refractivity contribution in [1.29, 1.82) is 0 Å². The van der Waals surface area contributed by atoms with Crippen molar-refractivity contribution >= 4 is 11.9 Å². The summed E-state index contributed by atoms with van der Waals surface area (Å²) in [6.45, 7) is 6.86. The first-order valence-corrected chi connectivity index (χ1v) is 7.65. The van der Waals surface area contributed by atoms with Crippen molar-refractivity contribution in [2.45, 2.75) is 51.7 Å². The maximum Gasteiger partial charge on any atom is 0.303 e. The minimum atomic E-state index is -0.921. The predicted octanol–water partition coefficient (Wildman–Crippen LogP) is 0.746. The first-order valence-electron chi connectivity index (χ1n) is 7.65. The Bertz CT molecular complexity index is 437. The second-order valence-electron chi connectivity index (χ2n) is 6.86. The van der Waals surface area contributed by atoms with Crippen LogP contribution in [0, 0.1) is 17.3 Å². The molecule has 6 heteroatoms. The maximum atomic E-state index is 12.6. The first-order chi connectivity index (χ1) is 9.75. The zero-order chi connectivity index (χ0) is 15.8. The predicted molar refractivity (Wildman–Crippen MR) is 77.6 cm³/mol. The highest BCUT2D eigenvalue weighted by Crippen LogP contribution is 2.58. The van der Waals surface area contributed by atoms with Crippen LogP contribution in [0.3, 0.4) is 0 Å². The van der Waals surface area contributed by atoms with Gasteiger partial charge in [-0.05, 0) is 12.3 Å². The Balaban J connectivity index is 1.98. The van der Waals surface area contributed by atoms with E-state index in [1.807, 2.05) is 20.8 Å². The van der Waals surface area contributed by atoms with Crippen LogP contribution in [0.4, 0.5) is 0 Å². The van der Waals surface area contributed by atoms with Crippen molar-refractivity contribution in [3.63, 3.8) is 0 Å². The van der Waals surface area contributed by atoms with Crippen LogP contribution in [-0.4, -0.2) is 41.8 Å². The lowest BCUT2D eigenvalue weighted by Crippen LogP contribution is -2.80. The van der Waals surface area contributed by atoms with Gasteiger partial charge in [0.15, 0.2) is 0 Å². The highest BCUT2D eigenvalue weighted by molar-refractivity contribution is 5.89. The number of aliphatic carboxylic acids is 1. The number of carbonyl (C=O) groups is 2. The number of nitrogens with two attached hydrogens (primary N) is 1. The Morgan fingerprint density at radius 3 is 2.71 bits per heavy atom. The van der Waals surface area contributed by atoms with Crippen molar-refractivity contribution in [3.8, 4) is 0 Å². The number of hydrogen-bond acceptors (Lipinski definition) is 4. The summed E-state index contributed by atoms with van der Waals surface area (Å²) in [4.78, 5) is 23.3. The molecule has 2 rings (SSSR count). The number of carboxylic acids is 1. The molecular formula is C15H26N2O4. The van der Waals surface area contributed by atoms with E-state index in [2.05, 4.69) is 5.32 Å². The number of rotatable bonds is 6. The van der Waals surface area contributed by atoms with Gasteiger partial charge in [0.1, 0.15) is 5.54 Å². The fourth-order valence-electron chi connectivity index (χ4n) is 3.84. The smallest absolute Gasteiger partial charge is 0.303 e. The van der Waals surface area contributed by atoms with E-state index in [-0.39, 0.29) is 30.3 Å². The van der Waals surface area contributed by atoms with Gasteiger partial charge in [0.25, 0.3) is 0 Å². The third-order valence-corrected chi connectivity index (χ3v) is 5.42. The number of nitrogens with one attached hydrogen (secondary N) is 1. The van der Waals surface area contributed by atoms with Crippen LogP contribution in [0.5, 0.6) is 0 Å². The van der Waals surface area contributed by atoms with E-state index in [1.165, 1.54) is 0 Å². The number of fused-ring (bicyclic) bond motifs is 1. The minimum Gasteiger partial charge on any atom is -0.481 e. The monoisotopic (exact) mass is 298 g/mol. The summed E-state index contributed by atoms with van der Waals surface area (Å²) >= 11 is 0. The van der Waals surface area contributed by atoms with Gasteiger partial charge in [-0.3, -0.25) is 9.59 Å². The van der Waals surface area contributed by atoms with Gasteiger partial charge in [0.2, 0.25) is 5.91 Å². The Hall–Kier alpha value is -1.14. The van der Waals surface area contributed by atoms with Gasteiger partial charge in [-0.15, -0.1) is 0 Å². The van der Waals surface area contributed by atoms with E-state index in [1.54, 1.807) is 0 Å². The second-order valence-corrected chi connectivity index (χ2v) is 6.86. The molecule has 1 saturated carbocycles. The second kappa shape index (κ2) is 5.57. The summed E-state index contributed by atoms with van der Waals surface area (Å²) < 4.78 is 5.67. The van der Waals surface area contributed by atoms with Crippen LogP contribution < -0.4 is 11.1 Å². The molecule has 1 aliphatic carbocycles. The quantitative estimate of drug-likeness (QED) is 0.671. The number of amides is 1. The molecule has 1 saturated heterocycles. The third kappa shape index (κ3) is 2.44. The van der Waals surface area contributed by atoms with Crippen LogP contribution in [0.2, 0.25) is 0 Å². The van der Waals surface area contributed by atoms with Gasteiger partial charge in [0.05, 0.1) is 6.10 Å². The number of ether oxygens (including phenoxy) is 1. The lowest BCUT2D eigenvalue weighted by atomic mass is 9.48. The number of carboxylic acid groups (broad SMARTS) is 1. The van der Waals surface area contributed by atoms with Gasteiger partial charge in [-0.2, -0.15) is 0 Å². The molecule has 4 N–H and O–H groups in total. The number of hydrogen-bond donors (Lipinski definition) is 3. The van der Waals surface area contributed by atoms with Crippen molar-refractivity contribution in [2.24, 2.45) is 23.0 Å². The minimum absolute atomic E-state index is 0.0502. The van der Waals surface area contributed by atoms with Crippen LogP contribution in [0.1, 0.15) is 40.0 Å². The normalized spacial score (nSPS) is 34.7. The number of carbonyl (C=O) groups excluding carboxylic acids is 1. The average Bonchev–Trinajstić information content (AvgIpc) is 2.89. The molecule has 0 aromatic heterocycles. The molecule has 0 radical (unpaired) electrons. The zero-order valence-electron chi connectivity index (χ0n) is 13.0. The van der Waals surface area contributed by atoms with Crippen LogP contribution in [0.15, 0.2) is 0 Å².